The standard InChI is InChI=1S/C13H10N2O5S/c1-20-12-5-7(16)4-11-13(12)15-10-6-8(21(17,18)19)2-3-9(10)14-11/h2-6,16H,1H3,(H,17,18,19). The van der Waals surface area contributed by atoms with Crippen LogP contribution in [0, 0.1) is 0 Å². The highest BCUT2D eigenvalue weighted by molar-refractivity contribution is 7.85. The number of rotatable bonds is 2. The molecule has 7 nitrogen and oxygen atoms in total. The molecule has 0 saturated carbocycles. The fourth-order valence-corrected chi connectivity index (χ4v) is 2.53. The van der Waals surface area contributed by atoms with E-state index in [1.807, 2.05) is 0 Å². The van der Waals surface area contributed by atoms with Gasteiger partial charge in [0.05, 0.1) is 28.6 Å². The quantitative estimate of drug-likeness (QED) is 0.548. The van der Waals surface area contributed by atoms with Crippen LogP contribution in [0.2, 0.25) is 0 Å². The van der Waals surface area contributed by atoms with Crippen LogP contribution < -0.4 is 4.74 Å². The summed E-state index contributed by atoms with van der Waals surface area (Å²) >= 11 is 0. The highest BCUT2D eigenvalue weighted by Gasteiger charge is 2.13. The van der Waals surface area contributed by atoms with Gasteiger partial charge in [-0.3, -0.25) is 4.55 Å². The molecule has 0 atom stereocenters. The normalized spacial score (nSPS) is 11.9. The Morgan fingerprint density at radius 3 is 2.48 bits per heavy atom. The van der Waals surface area contributed by atoms with Crippen molar-refractivity contribution in [2.75, 3.05) is 7.11 Å². The van der Waals surface area contributed by atoms with Gasteiger partial charge in [-0.05, 0) is 18.2 Å². The van der Waals surface area contributed by atoms with Crippen LogP contribution in [0.3, 0.4) is 0 Å². The molecule has 0 saturated heterocycles. The molecule has 108 valence electrons. The van der Waals surface area contributed by atoms with Crippen LogP contribution in [-0.4, -0.2) is 35.2 Å². The van der Waals surface area contributed by atoms with Gasteiger partial charge in [0.15, 0.2) is 0 Å². The van der Waals surface area contributed by atoms with E-state index in [1.54, 1.807) is 0 Å². The smallest absolute Gasteiger partial charge is 0.294 e. The zero-order valence-electron chi connectivity index (χ0n) is 10.8. The number of methoxy groups -OCH3 is 1. The first kappa shape index (κ1) is 13.5. The summed E-state index contributed by atoms with van der Waals surface area (Å²) in [5.74, 6) is 0.305. The summed E-state index contributed by atoms with van der Waals surface area (Å²) in [7, 11) is -2.88. The number of ether oxygens (including phenoxy) is 1. The third kappa shape index (κ3) is 2.34. The molecule has 2 aromatic carbocycles. The highest BCUT2D eigenvalue weighted by Crippen LogP contribution is 2.30. The van der Waals surface area contributed by atoms with Gasteiger partial charge in [0.2, 0.25) is 0 Å². The number of phenolic OH excluding ortho intramolecular Hbond substituents is 1. The summed E-state index contributed by atoms with van der Waals surface area (Å²) in [6.07, 6.45) is 0. The summed E-state index contributed by atoms with van der Waals surface area (Å²) in [5, 5.41) is 9.60. The molecule has 2 N–H and O–H groups in total. The van der Waals surface area contributed by atoms with Crippen molar-refractivity contribution < 1.29 is 22.8 Å². The van der Waals surface area contributed by atoms with Gasteiger partial charge in [0.1, 0.15) is 17.0 Å². The minimum absolute atomic E-state index is 0.0115. The number of aromatic hydroxyl groups is 1. The predicted molar refractivity (Wildman–Crippen MR) is 75.1 cm³/mol. The molecule has 0 fully saturated rings. The average Bonchev–Trinajstić information content (AvgIpc) is 2.42. The van der Waals surface area contributed by atoms with Gasteiger partial charge >= 0.3 is 0 Å². The monoisotopic (exact) mass is 306 g/mol. The molecule has 8 heteroatoms. The minimum atomic E-state index is -4.31. The molecule has 0 aliphatic rings. The number of hydrogen-bond donors (Lipinski definition) is 2. The van der Waals surface area contributed by atoms with Crippen LogP contribution in [-0.2, 0) is 10.1 Å². The van der Waals surface area contributed by atoms with Gasteiger partial charge in [0.25, 0.3) is 10.1 Å². The van der Waals surface area contributed by atoms with Crippen molar-refractivity contribution in [1.82, 2.24) is 9.97 Å². The first-order valence-electron chi connectivity index (χ1n) is 5.84. The fraction of sp³-hybridized carbons (Fsp3) is 0.0769. The number of hydrogen-bond acceptors (Lipinski definition) is 6. The number of fused-ring (bicyclic) bond motifs is 2. The first-order chi connectivity index (χ1) is 9.88. The summed E-state index contributed by atoms with van der Waals surface area (Å²) in [6, 6.07) is 6.71. The van der Waals surface area contributed by atoms with Crippen LogP contribution in [0.25, 0.3) is 22.1 Å². The third-order valence-corrected chi connectivity index (χ3v) is 3.83. The molecular formula is C13H10N2O5S. The molecule has 0 aliphatic carbocycles. The Morgan fingerprint density at radius 2 is 1.81 bits per heavy atom. The molecule has 0 unspecified atom stereocenters. The molecule has 0 spiro atoms. The Balaban J connectivity index is 2.39. The Bertz CT molecular complexity index is 969. The zero-order valence-corrected chi connectivity index (χ0v) is 11.6. The summed E-state index contributed by atoms with van der Waals surface area (Å²) in [6.45, 7) is 0. The number of benzene rings is 2. The maximum absolute atomic E-state index is 11.2. The van der Waals surface area contributed by atoms with E-state index in [2.05, 4.69) is 9.97 Å². The molecule has 1 aromatic heterocycles. The van der Waals surface area contributed by atoms with Crippen molar-refractivity contribution in [2.24, 2.45) is 0 Å². The van der Waals surface area contributed by atoms with Gasteiger partial charge < -0.3 is 9.84 Å². The maximum atomic E-state index is 11.2. The van der Waals surface area contributed by atoms with Gasteiger partial charge in [-0.15, -0.1) is 0 Å². The van der Waals surface area contributed by atoms with Crippen molar-refractivity contribution >= 4 is 32.2 Å². The molecule has 0 radical (unpaired) electrons. The summed E-state index contributed by atoms with van der Waals surface area (Å²) < 4.78 is 36.5. The molecule has 3 rings (SSSR count). The first-order valence-corrected chi connectivity index (χ1v) is 7.28. The van der Waals surface area contributed by atoms with Crippen molar-refractivity contribution in [3.05, 3.63) is 30.3 Å². The Morgan fingerprint density at radius 1 is 1.05 bits per heavy atom. The highest BCUT2D eigenvalue weighted by atomic mass is 32.2. The van der Waals surface area contributed by atoms with E-state index in [1.165, 1.54) is 37.4 Å². The molecular weight excluding hydrogens is 296 g/mol. The Labute approximate surface area is 119 Å². The van der Waals surface area contributed by atoms with Crippen LogP contribution in [0.4, 0.5) is 0 Å². The van der Waals surface area contributed by atoms with Crippen molar-refractivity contribution in [1.29, 1.82) is 0 Å². The Hall–Kier alpha value is -2.45. The van der Waals surface area contributed by atoms with E-state index < -0.39 is 10.1 Å². The fourth-order valence-electron chi connectivity index (χ4n) is 2.03. The van der Waals surface area contributed by atoms with Crippen molar-refractivity contribution in [2.45, 2.75) is 4.90 Å². The van der Waals surface area contributed by atoms with Gasteiger partial charge in [-0.1, -0.05) is 0 Å². The second kappa shape index (κ2) is 4.54. The minimum Gasteiger partial charge on any atom is -0.508 e. The average molecular weight is 306 g/mol. The number of phenols is 1. The molecule has 0 aliphatic heterocycles. The van der Waals surface area contributed by atoms with E-state index in [-0.39, 0.29) is 10.6 Å². The lowest BCUT2D eigenvalue weighted by Crippen LogP contribution is -1.99. The summed E-state index contributed by atoms with van der Waals surface area (Å²) in [4.78, 5) is 8.32. The van der Waals surface area contributed by atoms with Gasteiger partial charge in [-0.2, -0.15) is 8.42 Å². The molecule has 3 aromatic rings. The van der Waals surface area contributed by atoms with E-state index in [0.717, 1.165) is 0 Å². The second-order valence-electron chi connectivity index (χ2n) is 4.36. The van der Waals surface area contributed by atoms with Crippen LogP contribution in [0.5, 0.6) is 11.5 Å². The lowest BCUT2D eigenvalue weighted by Gasteiger charge is -2.07. The maximum Gasteiger partial charge on any atom is 0.294 e. The summed E-state index contributed by atoms with van der Waals surface area (Å²) in [5.41, 5.74) is 1.53. The molecule has 0 amide bonds. The van der Waals surface area contributed by atoms with Crippen LogP contribution in [0.15, 0.2) is 35.2 Å². The van der Waals surface area contributed by atoms with Crippen molar-refractivity contribution in [3.8, 4) is 11.5 Å². The Kier molecular flexibility index (Phi) is 2.92. The number of aromatic nitrogens is 2. The number of nitrogens with zero attached hydrogens (tertiary/aromatic N) is 2. The molecule has 0 bridgehead atoms. The van der Waals surface area contributed by atoms with E-state index >= 15 is 0 Å². The zero-order chi connectivity index (χ0) is 15.2. The van der Waals surface area contributed by atoms with E-state index in [4.69, 9.17) is 9.29 Å². The second-order valence-corrected chi connectivity index (χ2v) is 5.79. The lowest BCUT2D eigenvalue weighted by atomic mass is 10.2. The SMILES string of the molecule is COc1cc(O)cc2nc3ccc(S(=O)(=O)O)cc3nc12. The molecule has 21 heavy (non-hydrogen) atoms. The topological polar surface area (TPSA) is 110 Å². The van der Waals surface area contributed by atoms with E-state index in [9.17, 15) is 13.5 Å². The lowest BCUT2D eigenvalue weighted by molar-refractivity contribution is 0.412. The van der Waals surface area contributed by atoms with Crippen LogP contribution in [0.1, 0.15) is 0 Å². The largest absolute Gasteiger partial charge is 0.508 e. The van der Waals surface area contributed by atoms with E-state index in [0.29, 0.717) is 27.8 Å². The van der Waals surface area contributed by atoms with Crippen LogP contribution >= 0.6 is 0 Å². The van der Waals surface area contributed by atoms with Gasteiger partial charge in [0, 0.05) is 12.1 Å². The molecule has 1 heterocycles. The van der Waals surface area contributed by atoms with Gasteiger partial charge in [-0.25, -0.2) is 9.97 Å². The third-order valence-electron chi connectivity index (χ3n) is 2.98. The van der Waals surface area contributed by atoms with Crippen molar-refractivity contribution in [3.63, 3.8) is 0 Å². The predicted octanol–water partition coefficient (Wildman–Crippen LogP) is 1.74.